The number of carbonyl (C=O) groups is 1. The molecule has 0 bridgehead atoms. The molecule has 5 aromatic rings. The van der Waals surface area contributed by atoms with Gasteiger partial charge in [-0.05, 0) is 113 Å². The van der Waals surface area contributed by atoms with Gasteiger partial charge in [0.25, 0.3) is 12.3 Å². The van der Waals surface area contributed by atoms with Gasteiger partial charge in [-0.1, -0.05) is 23.6 Å². The Morgan fingerprint density at radius 3 is 2.20 bits per heavy atom. The van der Waals surface area contributed by atoms with Crippen LogP contribution in [0.2, 0.25) is 5.02 Å². The molecule has 3 heterocycles. The van der Waals surface area contributed by atoms with Gasteiger partial charge >= 0.3 is 6.18 Å². The molecule has 1 amide bonds. The number of rotatable bonds is 14. The number of fused-ring (bicyclic) bond motifs is 4. The molecule has 0 unspecified atom stereocenters. The average Bonchev–Trinajstić information content (AvgIpc) is 4.13. The Bertz CT molecular complexity index is 3230. The van der Waals surface area contributed by atoms with Crippen molar-refractivity contribution in [3.63, 3.8) is 0 Å². The highest BCUT2D eigenvalue weighted by Crippen LogP contribution is 2.64. The van der Waals surface area contributed by atoms with E-state index in [9.17, 15) is 52.4 Å². The van der Waals surface area contributed by atoms with Crippen LogP contribution in [0.4, 0.5) is 45.3 Å². The molecule has 4 aliphatic carbocycles. The lowest BCUT2D eigenvalue weighted by molar-refractivity contribution is -0.144. The maximum absolute atomic E-state index is 15.8. The second-order valence-electron chi connectivity index (χ2n) is 18.7. The number of sulfonamides is 1. The Kier molecular flexibility index (Phi) is 11.7. The van der Waals surface area contributed by atoms with Gasteiger partial charge in [0.2, 0.25) is 15.9 Å². The van der Waals surface area contributed by atoms with E-state index in [1.54, 1.807) is 0 Å². The molecule has 3 saturated carbocycles. The molecule has 2 aromatic carbocycles. The summed E-state index contributed by atoms with van der Waals surface area (Å²) in [6.07, 6.45) is -7.38. The molecule has 24 heteroatoms. The Morgan fingerprint density at radius 1 is 0.942 bits per heavy atom. The zero-order valence-electron chi connectivity index (χ0n) is 36.7. The number of amides is 1. The lowest BCUT2D eigenvalue weighted by Gasteiger charge is -2.34. The Morgan fingerprint density at radius 2 is 1.61 bits per heavy atom. The first kappa shape index (κ1) is 48.7. The zero-order chi connectivity index (χ0) is 50.0. The van der Waals surface area contributed by atoms with E-state index in [1.807, 2.05) is 0 Å². The molecule has 3 atom stereocenters. The van der Waals surface area contributed by atoms with Crippen LogP contribution in [0.15, 0.2) is 42.5 Å². The van der Waals surface area contributed by atoms with Gasteiger partial charge in [-0.25, -0.2) is 39.4 Å². The van der Waals surface area contributed by atoms with Crippen LogP contribution in [-0.2, 0) is 56.3 Å². The number of hydrogen-bond donors (Lipinski definition) is 2. The van der Waals surface area contributed by atoms with Crippen LogP contribution in [0.1, 0.15) is 105 Å². The van der Waals surface area contributed by atoms with Crippen molar-refractivity contribution < 1.29 is 61.1 Å². The number of nitrogens with one attached hydrogen (secondary N) is 2. The van der Waals surface area contributed by atoms with Gasteiger partial charge in [-0.3, -0.25) is 18.9 Å². The monoisotopic (exact) mass is 1030 g/mol. The lowest BCUT2D eigenvalue weighted by Crippen LogP contribution is -2.36. The molecule has 12 nitrogen and oxygen atoms in total. The van der Waals surface area contributed by atoms with Crippen molar-refractivity contribution >= 4 is 54.1 Å². The van der Waals surface area contributed by atoms with Crippen molar-refractivity contribution in [1.82, 2.24) is 29.9 Å². The van der Waals surface area contributed by atoms with E-state index in [0.717, 1.165) is 16.8 Å². The summed E-state index contributed by atoms with van der Waals surface area (Å²) in [5, 5.41) is 9.34. The molecular formula is C45H41ClF9N7O5S2. The van der Waals surface area contributed by atoms with Crippen LogP contribution < -0.4 is 10.0 Å². The standard InChI is InChI=1S/C45H41ClF9N7O5S2/c1-42(2,68(64,65)26-5-6-26)13-12-25-4-7-27(28-9-11-31(46)36-38(28)61(20-33(49)50)59-41(36)60-69(66,67)43(3)14-15-43)37(56-25)32(18-22-16-23(47)19-24(48)17-22)57-34(63)21-62-40-35(39(58-62)45(53,54)55)29-8-10-30(29)44(40,51)52/h4,7,9,11,16-17,19,26,29-30,32-33H,5-6,8,10,14-15,18,20-21H2,1-3H3,(H,57,63)(H,59,60)/t29-,30+,32-/m0/s1. The first-order chi connectivity index (χ1) is 32.1. The third kappa shape index (κ3) is 8.71. The molecule has 0 aliphatic heterocycles. The summed E-state index contributed by atoms with van der Waals surface area (Å²) < 4.78 is 187. The molecule has 0 saturated heterocycles. The van der Waals surface area contributed by atoms with Gasteiger partial charge in [-0.2, -0.15) is 32.1 Å². The average molecular weight is 1030 g/mol. The minimum absolute atomic E-state index is 0.0243. The van der Waals surface area contributed by atoms with E-state index in [2.05, 4.69) is 37.1 Å². The number of nitrogens with zero attached hydrogens (tertiary/aromatic N) is 5. The van der Waals surface area contributed by atoms with Gasteiger partial charge in [0, 0.05) is 28.7 Å². The van der Waals surface area contributed by atoms with E-state index in [4.69, 9.17) is 11.6 Å². The van der Waals surface area contributed by atoms with Gasteiger partial charge in [0.1, 0.15) is 40.9 Å². The summed E-state index contributed by atoms with van der Waals surface area (Å²) in [4.78, 5) is 18.9. The Hall–Kier alpha value is -5.34. The van der Waals surface area contributed by atoms with Crippen LogP contribution in [-0.4, -0.2) is 68.5 Å². The zero-order valence-corrected chi connectivity index (χ0v) is 39.1. The minimum Gasteiger partial charge on any atom is -0.346 e. The molecule has 69 heavy (non-hydrogen) atoms. The van der Waals surface area contributed by atoms with Gasteiger partial charge in [-0.15, -0.1) is 0 Å². The molecule has 4 aliphatic rings. The fraction of sp³-hybridized carbons (Fsp3) is 0.467. The molecule has 0 spiro atoms. The van der Waals surface area contributed by atoms with E-state index in [1.165, 1.54) is 45.0 Å². The third-order valence-corrected chi connectivity index (χ3v) is 18.7. The van der Waals surface area contributed by atoms with E-state index in [0.29, 0.717) is 36.4 Å². The summed E-state index contributed by atoms with van der Waals surface area (Å²) in [7, 11) is -7.95. The summed E-state index contributed by atoms with van der Waals surface area (Å²) in [5.41, 5.74) is -4.12. The Labute approximate surface area is 394 Å². The molecule has 3 fully saturated rings. The largest absolute Gasteiger partial charge is 0.435 e. The van der Waals surface area contributed by atoms with E-state index < -0.39 is 131 Å². The summed E-state index contributed by atoms with van der Waals surface area (Å²) in [5.74, 6) is -4.67. The van der Waals surface area contributed by atoms with Crippen molar-refractivity contribution in [2.45, 2.75) is 124 Å². The minimum atomic E-state index is -5.17. The van der Waals surface area contributed by atoms with Gasteiger partial charge in [0.05, 0.1) is 37.7 Å². The maximum Gasteiger partial charge on any atom is 0.435 e. The van der Waals surface area contributed by atoms with Crippen LogP contribution in [0.25, 0.3) is 22.0 Å². The summed E-state index contributed by atoms with van der Waals surface area (Å²) in [6, 6.07) is 6.05. The highest BCUT2D eigenvalue weighted by atomic mass is 35.5. The van der Waals surface area contributed by atoms with E-state index >= 15 is 8.78 Å². The van der Waals surface area contributed by atoms with Crippen LogP contribution in [0, 0.1) is 29.4 Å². The fourth-order valence-electron chi connectivity index (χ4n) is 9.16. The number of alkyl halides is 7. The van der Waals surface area contributed by atoms with E-state index in [-0.39, 0.29) is 56.8 Å². The summed E-state index contributed by atoms with van der Waals surface area (Å²) in [6.45, 7) is 1.94. The number of pyridine rings is 1. The van der Waals surface area contributed by atoms with Crippen LogP contribution in [0.5, 0.6) is 0 Å². The Balaban J connectivity index is 1.22. The number of hydrogen-bond acceptors (Lipinski definition) is 8. The number of halogens is 10. The molecule has 3 aromatic heterocycles. The SMILES string of the molecule is CC1(S(=O)(=O)Nc2nn(CC(F)F)c3c(-c4ccc(C#CC(C)(C)S(=O)(=O)C5CC5)nc4[C@H](Cc4cc(F)cc(F)c4)NC(=O)Cn4nc(C(F)(F)F)c5c4C(F)(F)[C@@H]4CC[C@H]54)ccc(Cl)c23)CC1. The number of carbonyl (C=O) groups excluding carboxylic acids is 1. The molecule has 0 radical (unpaired) electrons. The first-order valence-corrected chi connectivity index (χ1v) is 25.1. The summed E-state index contributed by atoms with van der Waals surface area (Å²) >= 11 is 6.68. The lowest BCUT2D eigenvalue weighted by atomic mass is 9.73. The van der Waals surface area contributed by atoms with Crippen molar-refractivity contribution in [3.05, 3.63) is 93.0 Å². The second-order valence-corrected chi connectivity index (χ2v) is 24.1. The topological polar surface area (TPSA) is 158 Å². The van der Waals surface area contributed by atoms with Crippen molar-refractivity contribution in [3.8, 4) is 23.0 Å². The predicted octanol–water partition coefficient (Wildman–Crippen LogP) is 9.21. The second kappa shape index (κ2) is 16.6. The quantitative estimate of drug-likeness (QED) is 0.0824. The van der Waals surface area contributed by atoms with Crippen molar-refractivity contribution in [2.75, 3.05) is 4.72 Å². The van der Waals surface area contributed by atoms with Gasteiger partial charge < -0.3 is 5.32 Å². The highest BCUT2D eigenvalue weighted by molar-refractivity contribution is 7.94. The molecule has 9 rings (SSSR count). The van der Waals surface area contributed by atoms with Crippen LogP contribution >= 0.6 is 11.6 Å². The molecule has 368 valence electrons. The predicted molar refractivity (Wildman–Crippen MR) is 235 cm³/mol. The first-order valence-electron chi connectivity index (χ1n) is 21.7. The fourth-order valence-corrected chi connectivity index (χ4v) is 12.5. The smallest absolute Gasteiger partial charge is 0.346 e. The maximum atomic E-state index is 15.8. The number of sulfone groups is 1. The number of benzene rings is 2. The van der Waals surface area contributed by atoms with Crippen LogP contribution in [0.3, 0.4) is 0 Å². The normalized spacial score (nSPS) is 19.9. The number of aromatic nitrogens is 5. The molecular weight excluding hydrogens is 989 g/mol. The highest BCUT2D eigenvalue weighted by Gasteiger charge is 2.63. The third-order valence-electron chi connectivity index (χ3n) is 13.4. The van der Waals surface area contributed by atoms with Gasteiger partial charge in [0.15, 0.2) is 21.3 Å². The molecule has 2 N–H and O–H groups in total. The number of anilines is 1. The van der Waals surface area contributed by atoms with Crippen molar-refractivity contribution in [2.24, 2.45) is 5.92 Å². The van der Waals surface area contributed by atoms with Crippen molar-refractivity contribution in [1.29, 1.82) is 0 Å².